The Balaban J connectivity index is 1.91. The van der Waals surface area contributed by atoms with Crippen molar-refractivity contribution >= 4 is 11.9 Å². The van der Waals surface area contributed by atoms with Crippen molar-refractivity contribution in [1.82, 2.24) is 10.2 Å². The lowest BCUT2D eigenvalue weighted by atomic mass is 10.1. The Bertz CT molecular complexity index is 312. The zero-order valence-electron chi connectivity index (χ0n) is 9.78. The molecule has 1 saturated carbocycles. The van der Waals surface area contributed by atoms with Crippen LogP contribution >= 0.6 is 0 Å². The molecule has 0 aromatic rings. The molecule has 0 radical (unpaired) electrons. The summed E-state index contributed by atoms with van der Waals surface area (Å²) in [5.74, 6) is -0.545. The summed E-state index contributed by atoms with van der Waals surface area (Å²) in [6, 6.07) is 0.180. The molecule has 5 heteroatoms. The van der Waals surface area contributed by atoms with Gasteiger partial charge in [-0.2, -0.15) is 0 Å². The van der Waals surface area contributed by atoms with Gasteiger partial charge in [0.1, 0.15) is 5.41 Å². The molecule has 1 aliphatic carbocycles. The third-order valence-electron chi connectivity index (χ3n) is 3.49. The van der Waals surface area contributed by atoms with Crippen LogP contribution in [0.5, 0.6) is 0 Å². The standard InChI is InChI=1S/C11H18N2O3/c1-13-6-3-8(7-13)12-9(14)11(4-5-11)10(15)16-2/h8H,3-7H2,1-2H3,(H,12,14). The minimum Gasteiger partial charge on any atom is -0.468 e. The highest BCUT2D eigenvalue weighted by Crippen LogP contribution is 2.47. The molecule has 16 heavy (non-hydrogen) atoms. The number of likely N-dealkylation sites (N-methyl/N-ethyl adjacent to an activating group) is 1. The van der Waals surface area contributed by atoms with Gasteiger partial charge in [0.25, 0.3) is 0 Å². The van der Waals surface area contributed by atoms with Crippen molar-refractivity contribution in [3.8, 4) is 0 Å². The molecule has 5 nitrogen and oxygen atoms in total. The van der Waals surface area contributed by atoms with Crippen LogP contribution in [0.4, 0.5) is 0 Å². The highest BCUT2D eigenvalue weighted by molar-refractivity contribution is 6.05. The number of ether oxygens (including phenoxy) is 1. The lowest BCUT2D eigenvalue weighted by Gasteiger charge is -2.17. The molecule has 1 saturated heterocycles. The van der Waals surface area contributed by atoms with E-state index in [0.717, 1.165) is 19.5 Å². The second-order valence-electron chi connectivity index (χ2n) is 4.79. The third kappa shape index (κ3) is 1.91. The van der Waals surface area contributed by atoms with E-state index in [9.17, 15) is 9.59 Å². The molecule has 0 aromatic heterocycles. The lowest BCUT2D eigenvalue weighted by molar-refractivity contribution is -0.152. The highest BCUT2D eigenvalue weighted by Gasteiger charge is 2.58. The molecule has 1 aliphatic heterocycles. The van der Waals surface area contributed by atoms with E-state index in [0.29, 0.717) is 12.8 Å². The molecular formula is C11H18N2O3. The number of carbonyl (C=O) groups is 2. The van der Waals surface area contributed by atoms with Crippen LogP contribution in [0.15, 0.2) is 0 Å². The summed E-state index contributed by atoms with van der Waals surface area (Å²) >= 11 is 0. The number of nitrogens with zero attached hydrogens (tertiary/aromatic N) is 1. The van der Waals surface area contributed by atoms with Crippen molar-refractivity contribution < 1.29 is 14.3 Å². The summed E-state index contributed by atoms with van der Waals surface area (Å²) < 4.78 is 4.67. The van der Waals surface area contributed by atoms with Crippen molar-refractivity contribution in [3.05, 3.63) is 0 Å². The number of hydrogen-bond acceptors (Lipinski definition) is 4. The zero-order valence-corrected chi connectivity index (χ0v) is 9.78. The number of esters is 1. The number of methoxy groups -OCH3 is 1. The largest absolute Gasteiger partial charge is 0.468 e. The van der Waals surface area contributed by atoms with Gasteiger partial charge in [-0.15, -0.1) is 0 Å². The molecule has 2 rings (SSSR count). The molecule has 1 N–H and O–H groups in total. The molecule has 1 amide bonds. The zero-order chi connectivity index (χ0) is 11.8. The second-order valence-corrected chi connectivity index (χ2v) is 4.79. The number of amides is 1. The summed E-state index contributed by atoms with van der Waals surface area (Å²) in [4.78, 5) is 25.6. The highest BCUT2D eigenvalue weighted by atomic mass is 16.5. The molecule has 1 heterocycles. The average molecular weight is 226 g/mol. The molecule has 2 aliphatic rings. The van der Waals surface area contributed by atoms with Crippen molar-refractivity contribution in [1.29, 1.82) is 0 Å². The molecule has 0 bridgehead atoms. The minimum atomic E-state index is -0.865. The summed E-state index contributed by atoms with van der Waals surface area (Å²) in [7, 11) is 3.36. The van der Waals surface area contributed by atoms with Crippen LogP contribution in [0, 0.1) is 5.41 Å². The van der Waals surface area contributed by atoms with Gasteiger partial charge in [-0.3, -0.25) is 9.59 Å². The maximum Gasteiger partial charge on any atom is 0.321 e. The summed E-state index contributed by atoms with van der Waals surface area (Å²) in [6.07, 6.45) is 2.20. The van der Waals surface area contributed by atoms with E-state index in [1.807, 2.05) is 7.05 Å². The van der Waals surface area contributed by atoms with Crippen LogP contribution in [-0.2, 0) is 14.3 Å². The first-order valence-corrected chi connectivity index (χ1v) is 5.66. The average Bonchev–Trinajstić information content (AvgIpc) is 2.98. The minimum absolute atomic E-state index is 0.153. The lowest BCUT2D eigenvalue weighted by Crippen LogP contribution is -2.44. The van der Waals surface area contributed by atoms with E-state index >= 15 is 0 Å². The number of hydrogen-bond donors (Lipinski definition) is 1. The van der Waals surface area contributed by atoms with Crippen molar-refractivity contribution in [2.24, 2.45) is 5.41 Å². The fourth-order valence-electron chi connectivity index (χ4n) is 2.22. The molecule has 0 aromatic carbocycles. The normalized spacial score (nSPS) is 27.5. The fourth-order valence-corrected chi connectivity index (χ4v) is 2.22. The van der Waals surface area contributed by atoms with Gasteiger partial charge in [-0.25, -0.2) is 0 Å². The van der Waals surface area contributed by atoms with Crippen molar-refractivity contribution in [3.63, 3.8) is 0 Å². The third-order valence-corrected chi connectivity index (χ3v) is 3.49. The van der Waals surface area contributed by atoms with Gasteiger partial charge in [0.2, 0.25) is 5.91 Å². The van der Waals surface area contributed by atoms with Crippen molar-refractivity contribution in [2.45, 2.75) is 25.3 Å². The molecule has 1 atom stereocenters. The van der Waals surface area contributed by atoms with E-state index in [1.54, 1.807) is 0 Å². The van der Waals surface area contributed by atoms with Crippen LogP contribution in [0.3, 0.4) is 0 Å². The summed E-state index contributed by atoms with van der Waals surface area (Å²) in [5, 5.41) is 2.95. The summed E-state index contributed by atoms with van der Waals surface area (Å²) in [6.45, 7) is 1.86. The topological polar surface area (TPSA) is 58.6 Å². The Morgan fingerprint density at radius 3 is 2.56 bits per heavy atom. The van der Waals surface area contributed by atoms with Gasteiger partial charge in [-0.1, -0.05) is 0 Å². The van der Waals surface area contributed by atoms with Gasteiger partial charge in [-0.05, 0) is 32.9 Å². The summed E-state index contributed by atoms with van der Waals surface area (Å²) in [5.41, 5.74) is -0.865. The quantitative estimate of drug-likeness (QED) is 0.533. The van der Waals surface area contributed by atoms with Crippen LogP contribution in [0.1, 0.15) is 19.3 Å². The van der Waals surface area contributed by atoms with Crippen LogP contribution < -0.4 is 5.32 Å². The van der Waals surface area contributed by atoms with E-state index in [2.05, 4.69) is 15.0 Å². The Labute approximate surface area is 95.1 Å². The monoisotopic (exact) mass is 226 g/mol. The fraction of sp³-hybridized carbons (Fsp3) is 0.818. The predicted octanol–water partition coefficient (Wildman–Crippen LogP) is -0.240. The van der Waals surface area contributed by atoms with Gasteiger partial charge in [0.15, 0.2) is 0 Å². The van der Waals surface area contributed by atoms with Gasteiger partial charge < -0.3 is 15.0 Å². The molecular weight excluding hydrogens is 208 g/mol. The maximum atomic E-state index is 12.0. The smallest absolute Gasteiger partial charge is 0.321 e. The molecule has 1 unspecified atom stereocenters. The van der Waals surface area contributed by atoms with E-state index < -0.39 is 11.4 Å². The second kappa shape index (κ2) is 4.05. The van der Waals surface area contributed by atoms with E-state index in [-0.39, 0.29) is 11.9 Å². The first-order chi connectivity index (χ1) is 7.58. The SMILES string of the molecule is COC(=O)C1(C(=O)NC2CCN(C)C2)CC1. The van der Waals surface area contributed by atoms with Crippen LogP contribution in [-0.4, -0.2) is 50.1 Å². The van der Waals surface area contributed by atoms with E-state index in [1.165, 1.54) is 7.11 Å². The number of likely N-dealkylation sites (tertiary alicyclic amines) is 1. The Morgan fingerprint density at radius 2 is 2.12 bits per heavy atom. The van der Waals surface area contributed by atoms with Gasteiger partial charge in [0, 0.05) is 12.6 Å². The first-order valence-electron chi connectivity index (χ1n) is 5.66. The van der Waals surface area contributed by atoms with Crippen molar-refractivity contribution in [2.75, 3.05) is 27.2 Å². The van der Waals surface area contributed by atoms with Crippen LogP contribution in [0.2, 0.25) is 0 Å². The number of carbonyl (C=O) groups excluding carboxylic acids is 2. The Kier molecular flexibility index (Phi) is 2.88. The van der Waals surface area contributed by atoms with Gasteiger partial charge >= 0.3 is 5.97 Å². The first kappa shape index (κ1) is 11.4. The Morgan fingerprint density at radius 1 is 1.44 bits per heavy atom. The van der Waals surface area contributed by atoms with Crippen LogP contribution in [0.25, 0.3) is 0 Å². The number of rotatable bonds is 3. The van der Waals surface area contributed by atoms with Gasteiger partial charge in [0.05, 0.1) is 7.11 Å². The van der Waals surface area contributed by atoms with E-state index in [4.69, 9.17) is 0 Å². The molecule has 90 valence electrons. The Hall–Kier alpha value is -1.10. The molecule has 0 spiro atoms. The molecule has 2 fully saturated rings. The number of nitrogens with one attached hydrogen (secondary N) is 1. The maximum absolute atomic E-state index is 12.0. The predicted molar refractivity (Wildman–Crippen MR) is 57.7 cm³/mol.